The summed E-state index contributed by atoms with van der Waals surface area (Å²) in [5.74, 6) is 1.20. The molecule has 0 saturated carbocycles. The summed E-state index contributed by atoms with van der Waals surface area (Å²) in [5, 5.41) is 8.01. The van der Waals surface area contributed by atoms with Crippen LogP contribution >= 0.6 is 11.8 Å². The first-order valence-corrected chi connectivity index (χ1v) is 8.15. The van der Waals surface area contributed by atoms with Crippen molar-refractivity contribution in [1.82, 2.24) is 14.8 Å². The molecule has 2 unspecified atom stereocenters. The lowest BCUT2D eigenvalue weighted by Crippen LogP contribution is -2.43. The number of hydrazone groups is 1. The highest BCUT2D eigenvalue weighted by atomic mass is 32.2. The van der Waals surface area contributed by atoms with Gasteiger partial charge in [-0.15, -0.1) is 11.8 Å². The molecule has 2 atom stereocenters. The first-order chi connectivity index (χ1) is 9.28. The quantitative estimate of drug-likeness (QED) is 0.783. The van der Waals surface area contributed by atoms with E-state index in [2.05, 4.69) is 39.9 Å². The summed E-state index contributed by atoms with van der Waals surface area (Å²) in [4.78, 5) is 9.45. The third-order valence-electron chi connectivity index (χ3n) is 4.08. The van der Waals surface area contributed by atoms with Crippen LogP contribution in [0.4, 0.5) is 0 Å². The molecule has 3 rings (SSSR count). The fraction of sp³-hybridized carbons (Fsp3) is 0.692. The lowest BCUT2D eigenvalue weighted by molar-refractivity contribution is 0.149. The molecule has 0 aromatic heterocycles. The van der Waals surface area contributed by atoms with Crippen molar-refractivity contribution in [1.29, 1.82) is 0 Å². The van der Waals surface area contributed by atoms with Crippen LogP contribution < -0.4 is 0 Å². The minimum atomic E-state index is 0.0583. The first-order valence-electron chi connectivity index (χ1n) is 6.93. The van der Waals surface area contributed by atoms with Crippen LogP contribution in [0, 0.1) is 0 Å². The van der Waals surface area contributed by atoms with Gasteiger partial charge < -0.3 is 4.90 Å². The molecule has 3 heterocycles. The summed E-state index contributed by atoms with van der Waals surface area (Å²) in [5.41, 5.74) is 0. The van der Waals surface area contributed by atoms with Crippen molar-refractivity contribution >= 4 is 23.8 Å². The number of likely N-dealkylation sites (N-methyl/N-ethyl adjacent to an activating group) is 1. The van der Waals surface area contributed by atoms with Crippen LogP contribution in [-0.4, -0.2) is 65.1 Å². The van der Waals surface area contributed by atoms with E-state index in [1.54, 1.807) is 11.8 Å². The second-order valence-corrected chi connectivity index (χ2v) is 5.77. The van der Waals surface area contributed by atoms with Gasteiger partial charge in [-0.05, 0) is 25.4 Å². The predicted molar refractivity (Wildman–Crippen MR) is 81.2 cm³/mol. The molecule has 1 saturated heterocycles. The monoisotopic (exact) mass is 279 g/mol. The number of aliphatic imine (C=N–C) groups is 1. The molecule has 104 valence electrons. The van der Waals surface area contributed by atoms with Crippen LogP contribution in [0.2, 0.25) is 0 Å². The van der Waals surface area contributed by atoms with Crippen LogP contribution in [0.3, 0.4) is 0 Å². The molecule has 19 heavy (non-hydrogen) atoms. The maximum Gasteiger partial charge on any atom is 0.220 e. The summed E-state index contributed by atoms with van der Waals surface area (Å²) in [6.07, 6.45) is 7.14. The third-order valence-corrected chi connectivity index (χ3v) is 4.82. The fourth-order valence-corrected chi connectivity index (χ4v) is 3.59. The van der Waals surface area contributed by atoms with Crippen LogP contribution in [0.15, 0.2) is 21.2 Å². The zero-order valence-electron chi connectivity index (χ0n) is 11.8. The fourth-order valence-electron chi connectivity index (χ4n) is 3.07. The molecule has 3 aliphatic rings. The van der Waals surface area contributed by atoms with Gasteiger partial charge in [0, 0.05) is 25.2 Å². The van der Waals surface area contributed by atoms with E-state index in [4.69, 9.17) is 5.10 Å². The first kappa shape index (κ1) is 13.0. The Morgan fingerprint density at radius 2 is 2.21 bits per heavy atom. The highest BCUT2D eigenvalue weighted by Crippen LogP contribution is 2.34. The van der Waals surface area contributed by atoms with E-state index in [1.807, 2.05) is 12.3 Å². The lowest BCUT2D eigenvalue weighted by atomic mass is 10.2. The number of rotatable bonds is 4. The number of hydrogen-bond acceptors (Lipinski definition) is 6. The molecular formula is C13H21N5S. The maximum absolute atomic E-state index is 4.77. The van der Waals surface area contributed by atoms with Crippen molar-refractivity contribution in [3.05, 3.63) is 11.1 Å². The standard InChI is InChI=1S/C13H21N5S/c1-4-16(5-2)10-8-11-15-18-12(19-3)6-7-14-13(18)17(11)9-10/h6-7,10,13H,4-5,8-9H2,1-3H3. The van der Waals surface area contributed by atoms with Crippen LogP contribution in [0.25, 0.3) is 0 Å². The zero-order valence-corrected chi connectivity index (χ0v) is 12.6. The van der Waals surface area contributed by atoms with Crippen molar-refractivity contribution < 1.29 is 0 Å². The Morgan fingerprint density at radius 1 is 1.42 bits per heavy atom. The van der Waals surface area contributed by atoms with Gasteiger partial charge in [0.2, 0.25) is 6.29 Å². The van der Waals surface area contributed by atoms with Gasteiger partial charge in [-0.3, -0.25) is 4.90 Å². The minimum Gasteiger partial charge on any atom is -0.316 e. The SMILES string of the molecule is CCN(CC)C1CC2=NN3C(SC)=CC=NC3N2C1. The molecule has 6 heteroatoms. The molecule has 5 nitrogen and oxygen atoms in total. The smallest absolute Gasteiger partial charge is 0.220 e. The number of nitrogens with zero attached hydrogens (tertiary/aromatic N) is 5. The number of thioether (sulfide) groups is 1. The van der Waals surface area contributed by atoms with Crippen molar-refractivity contribution in [2.45, 2.75) is 32.6 Å². The summed E-state index contributed by atoms with van der Waals surface area (Å²) in [6.45, 7) is 7.72. The van der Waals surface area contributed by atoms with Gasteiger partial charge in [0.05, 0.1) is 5.03 Å². The minimum absolute atomic E-state index is 0.0583. The number of amidine groups is 1. The van der Waals surface area contributed by atoms with Gasteiger partial charge in [0.1, 0.15) is 5.84 Å². The lowest BCUT2D eigenvalue weighted by Gasteiger charge is -2.31. The van der Waals surface area contributed by atoms with Crippen molar-refractivity contribution in [2.24, 2.45) is 10.1 Å². The largest absolute Gasteiger partial charge is 0.316 e. The molecule has 0 aromatic rings. The van der Waals surface area contributed by atoms with E-state index in [1.165, 1.54) is 10.9 Å². The van der Waals surface area contributed by atoms with Crippen LogP contribution in [0.5, 0.6) is 0 Å². The highest BCUT2D eigenvalue weighted by Gasteiger charge is 2.43. The summed E-state index contributed by atoms with van der Waals surface area (Å²) >= 11 is 1.73. The third kappa shape index (κ3) is 2.07. The van der Waals surface area contributed by atoms with E-state index in [-0.39, 0.29) is 6.29 Å². The van der Waals surface area contributed by atoms with Gasteiger partial charge in [-0.1, -0.05) is 13.8 Å². The molecule has 1 fully saturated rings. The van der Waals surface area contributed by atoms with Crippen molar-refractivity contribution in [3.8, 4) is 0 Å². The molecular weight excluding hydrogens is 258 g/mol. The Hall–Kier alpha value is -1.01. The molecule has 0 radical (unpaired) electrons. The van der Waals surface area contributed by atoms with E-state index in [0.29, 0.717) is 6.04 Å². The molecule has 0 N–H and O–H groups in total. The number of hydrogen-bond donors (Lipinski definition) is 0. The van der Waals surface area contributed by atoms with E-state index in [9.17, 15) is 0 Å². The highest BCUT2D eigenvalue weighted by molar-refractivity contribution is 8.02. The van der Waals surface area contributed by atoms with Crippen LogP contribution in [0.1, 0.15) is 20.3 Å². The molecule has 0 spiro atoms. The van der Waals surface area contributed by atoms with Gasteiger partial charge in [-0.25, -0.2) is 10.0 Å². The van der Waals surface area contributed by atoms with E-state index in [0.717, 1.165) is 26.1 Å². The van der Waals surface area contributed by atoms with Gasteiger partial charge >= 0.3 is 0 Å². The maximum atomic E-state index is 4.77. The Labute approximate surface area is 119 Å². The Kier molecular flexibility index (Phi) is 3.54. The summed E-state index contributed by atoms with van der Waals surface area (Å²) in [6, 6.07) is 0.592. The normalized spacial score (nSPS) is 28.6. The molecule has 0 aromatic carbocycles. The van der Waals surface area contributed by atoms with Gasteiger partial charge in [0.15, 0.2) is 0 Å². The molecule has 3 aliphatic heterocycles. The van der Waals surface area contributed by atoms with E-state index < -0.39 is 0 Å². The second kappa shape index (κ2) is 5.17. The molecule has 0 aliphatic carbocycles. The van der Waals surface area contributed by atoms with Gasteiger partial charge in [0.25, 0.3) is 0 Å². The average Bonchev–Trinajstić information content (AvgIpc) is 2.97. The van der Waals surface area contributed by atoms with E-state index >= 15 is 0 Å². The number of fused-ring (bicyclic) bond motifs is 3. The van der Waals surface area contributed by atoms with Crippen LogP contribution in [-0.2, 0) is 0 Å². The predicted octanol–water partition coefficient (Wildman–Crippen LogP) is 1.60. The Morgan fingerprint density at radius 3 is 2.89 bits per heavy atom. The van der Waals surface area contributed by atoms with Gasteiger partial charge in [-0.2, -0.15) is 5.10 Å². The summed E-state index contributed by atoms with van der Waals surface area (Å²) < 4.78 is 0. The van der Waals surface area contributed by atoms with Crippen molar-refractivity contribution in [3.63, 3.8) is 0 Å². The zero-order chi connectivity index (χ0) is 13.4. The Bertz CT molecular complexity index is 440. The molecule has 0 amide bonds. The number of allylic oxidation sites excluding steroid dienone is 1. The average molecular weight is 279 g/mol. The second-order valence-electron chi connectivity index (χ2n) is 4.95. The molecule has 0 bridgehead atoms. The van der Waals surface area contributed by atoms with Crippen molar-refractivity contribution in [2.75, 3.05) is 25.9 Å². The topological polar surface area (TPSA) is 34.4 Å². The summed E-state index contributed by atoms with van der Waals surface area (Å²) in [7, 11) is 0. The Balaban J connectivity index is 1.78.